The summed E-state index contributed by atoms with van der Waals surface area (Å²) in [6, 6.07) is 5.81. The fourth-order valence-corrected chi connectivity index (χ4v) is 2.00. The van der Waals surface area contributed by atoms with Crippen LogP contribution in [0.4, 0.5) is 0 Å². The average Bonchev–Trinajstić information content (AvgIpc) is 2.78. The summed E-state index contributed by atoms with van der Waals surface area (Å²) in [6.07, 6.45) is 2.50. The Bertz CT molecular complexity index is 572. The summed E-state index contributed by atoms with van der Waals surface area (Å²) < 4.78 is 12.6. The second-order valence-electron chi connectivity index (χ2n) is 4.22. The molecule has 1 aromatic carbocycles. The Hall–Kier alpha value is -1.97. The van der Waals surface area contributed by atoms with Crippen LogP contribution >= 0.6 is 0 Å². The molecule has 0 atom stereocenters. The van der Waals surface area contributed by atoms with Crippen LogP contribution < -0.4 is 9.47 Å². The van der Waals surface area contributed by atoms with Gasteiger partial charge < -0.3 is 14.0 Å². The number of aryl methyl sites for hydroxylation is 1. The predicted octanol–water partition coefficient (Wildman–Crippen LogP) is 2.64. The van der Waals surface area contributed by atoms with Gasteiger partial charge in [0.25, 0.3) is 0 Å². The van der Waals surface area contributed by atoms with Gasteiger partial charge in [-0.05, 0) is 13.0 Å². The monoisotopic (exact) mass is 247 g/mol. The van der Waals surface area contributed by atoms with Crippen molar-refractivity contribution in [2.24, 2.45) is 0 Å². The lowest BCUT2D eigenvalue weighted by Crippen LogP contribution is -2.01. The van der Waals surface area contributed by atoms with Gasteiger partial charge in [0.2, 0.25) is 0 Å². The number of carbonyl (C=O) groups is 1. The van der Waals surface area contributed by atoms with Gasteiger partial charge in [0.1, 0.15) is 17.3 Å². The fraction of sp³-hybridized carbons (Fsp3) is 0.357. The zero-order chi connectivity index (χ0) is 13.1. The molecule has 1 aromatic heterocycles. The van der Waals surface area contributed by atoms with Crippen LogP contribution in [0, 0.1) is 0 Å². The lowest BCUT2D eigenvalue weighted by atomic mass is 10.2. The third-order valence-corrected chi connectivity index (χ3v) is 2.98. The molecule has 0 aliphatic rings. The number of Topliss-reactive ketones (excluding diaryl/α,β-unsaturated/α-hetero) is 1. The molecule has 0 saturated heterocycles. The molecule has 0 aliphatic heterocycles. The van der Waals surface area contributed by atoms with Crippen LogP contribution in [-0.2, 0) is 11.3 Å². The summed E-state index contributed by atoms with van der Waals surface area (Å²) >= 11 is 0. The maximum absolute atomic E-state index is 11.1. The number of aromatic nitrogens is 1. The molecule has 0 amide bonds. The molecule has 0 aliphatic carbocycles. The van der Waals surface area contributed by atoms with Gasteiger partial charge in [-0.2, -0.15) is 0 Å². The molecule has 0 saturated carbocycles. The summed E-state index contributed by atoms with van der Waals surface area (Å²) in [6.45, 7) is 2.28. The molecule has 2 rings (SSSR count). The van der Waals surface area contributed by atoms with Gasteiger partial charge in [0, 0.05) is 36.7 Å². The number of nitrogens with zero attached hydrogens (tertiary/aromatic N) is 1. The molecule has 0 spiro atoms. The number of fused-ring (bicyclic) bond motifs is 1. The molecule has 4 nitrogen and oxygen atoms in total. The van der Waals surface area contributed by atoms with Crippen LogP contribution in [0.2, 0.25) is 0 Å². The molecule has 0 radical (unpaired) electrons. The number of ketones is 1. The van der Waals surface area contributed by atoms with Crippen molar-refractivity contribution in [1.82, 2.24) is 4.57 Å². The van der Waals surface area contributed by atoms with E-state index in [0.717, 1.165) is 22.4 Å². The minimum atomic E-state index is 0.187. The topological polar surface area (TPSA) is 40.5 Å². The number of hydrogen-bond acceptors (Lipinski definition) is 3. The number of ether oxygens (including phenoxy) is 2. The summed E-state index contributed by atoms with van der Waals surface area (Å²) in [5.41, 5.74) is 1.02. The number of benzene rings is 1. The average molecular weight is 247 g/mol. The van der Waals surface area contributed by atoms with E-state index in [-0.39, 0.29) is 5.78 Å². The normalized spacial score (nSPS) is 10.6. The van der Waals surface area contributed by atoms with E-state index in [1.54, 1.807) is 21.1 Å². The van der Waals surface area contributed by atoms with Crippen molar-refractivity contribution in [2.45, 2.75) is 19.9 Å². The van der Waals surface area contributed by atoms with Crippen molar-refractivity contribution in [2.75, 3.05) is 14.2 Å². The minimum absolute atomic E-state index is 0.187. The number of hydrogen-bond donors (Lipinski definition) is 0. The van der Waals surface area contributed by atoms with Gasteiger partial charge in [0.05, 0.1) is 19.7 Å². The molecule has 0 N–H and O–H groups in total. The highest BCUT2D eigenvalue weighted by Crippen LogP contribution is 2.31. The largest absolute Gasteiger partial charge is 0.497 e. The molecule has 0 bridgehead atoms. The van der Waals surface area contributed by atoms with Crippen molar-refractivity contribution in [3.8, 4) is 11.5 Å². The Balaban J connectivity index is 2.46. The first-order chi connectivity index (χ1) is 8.65. The van der Waals surface area contributed by atoms with E-state index in [4.69, 9.17) is 9.47 Å². The lowest BCUT2D eigenvalue weighted by molar-refractivity contribution is -0.117. The molecule has 96 valence electrons. The predicted molar refractivity (Wildman–Crippen MR) is 70.3 cm³/mol. The van der Waals surface area contributed by atoms with Crippen molar-refractivity contribution in [3.05, 3.63) is 24.4 Å². The molecule has 4 heteroatoms. The van der Waals surface area contributed by atoms with Crippen molar-refractivity contribution < 1.29 is 14.3 Å². The van der Waals surface area contributed by atoms with Crippen LogP contribution in [0.15, 0.2) is 24.4 Å². The quantitative estimate of drug-likeness (QED) is 0.815. The van der Waals surface area contributed by atoms with Gasteiger partial charge in [-0.3, -0.25) is 4.79 Å². The lowest BCUT2D eigenvalue weighted by Gasteiger charge is -2.08. The maximum atomic E-state index is 11.1. The molecule has 0 fully saturated rings. The van der Waals surface area contributed by atoms with E-state index >= 15 is 0 Å². The van der Waals surface area contributed by atoms with Crippen molar-refractivity contribution in [3.63, 3.8) is 0 Å². The smallest absolute Gasteiger partial charge is 0.131 e. The van der Waals surface area contributed by atoms with Crippen LogP contribution in [0.5, 0.6) is 11.5 Å². The molecule has 0 unspecified atom stereocenters. The van der Waals surface area contributed by atoms with Crippen molar-refractivity contribution >= 4 is 16.7 Å². The SMILES string of the molecule is COc1cc(OC)c2ccn(CCC(C)=O)c2c1. The van der Waals surface area contributed by atoms with E-state index in [2.05, 4.69) is 0 Å². The highest BCUT2D eigenvalue weighted by Gasteiger charge is 2.09. The van der Waals surface area contributed by atoms with Crippen LogP contribution in [0.25, 0.3) is 10.9 Å². The maximum Gasteiger partial charge on any atom is 0.131 e. The van der Waals surface area contributed by atoms with Crippen molar-refractivity contribution in [1.29, 1.82) is 0 Å². The molecule has 1 heterocycles. The van der Waals surface area contributed by atoms with E-state index in [0.29, 0.717) is 13.0 Å². The second-order valence-corrected chi connectivity index (χ2v) is 4.22. The zero-order valence-electron chi connectivity index (χ0n) is 10.9. The van der Waals surface area contributed by atoms with Crippen LogP contribution in [-0.4, -0.2) is 24.6 Å². The Morgan fingerprint density at radius 1 is 1.28 bits per heavy atom. The molecular formula is C14H17NO3. The Labute approximate surface area is 106 Å². The summed E-state index contributed by atoms with van der Waals surface area (Å²) in [7, 11) is 3.27. The first-order valence-electron chi connectivity index (χ1n) is 5.86. The fourth-order valence-electron chi connectivity index (χ4n) is 2.00. The van der Waals surface area contributed by atoms with E-state index in [9.17, 15) is 4.79 Å². The Morgan fingerprint density at radius 3 is 2.67 bits per heavy atom. The highest BCUT2D eigenvalue weighted by molar-refractivity contribution is 5.88. The van der Waals surface area contributed by atoms with Gasteiger partial charge in [-0.15, -0.1) is 0 Å². The number of rotatable bonds is 5. The zero-order valence-corrected chi connectivity index (χ0v) is 10.9. The van der Waals surface area contributed by atoms with Crippen LogP contribution in [0.1, 0.15) is 13.3 Å². The van der Waals surface area contributed by atoms with E-state index in [1.165, 1.54) is 0 Å². The molecule has 18 heavy (non-hydrogen) atoms. The minimum Gasteiger partial charge on any atom is -0.497 e. The second kappa shape index (κ2) is 5.12. The first-order valence-corrected chi connectivity index (χ1v) is 5.86. The standard InChI is InChI=1S/C14H17NO3/c1-10(16)4-6-15-7-5-12-13(15)8-11(17-2)9-14(12)18-3/h5,7-9H,4,6H2,1-3H3. The number of methoxy groups -OCH3 is 2. The summed E-state index contributed by atoms with van der Waals surface area (Å²) in [5, 5.41) is 1.03. The third kappa shape index (κ3) is 2.32. The Morgan fingerprint density at radius 2 is 2.06 bits per heavy atom. The first kappa shape index (κ1) is 12.5. The van der Waals surface area contributed by atoms with Crippen LogP contribution in [0.3, 0.4) is 0 Å². The number of carbonyl (C=O) groups excluding carboxylic acids is 1. The summed E-state index contributed by atoms with van der Waals surface area (Å²) in [5.74, 6) is 1.72. The van der Waals surface area contributed by atoms with Gasteiger partial charge in [-0.1, -0.05) is 0 Å². The Kier molecular flexibility index (Phi) is 3.55. The highest BCUT2D eigenvalue weighted by atomic mass is 16.5. The van der Waals surface area contributed by atoms with Gasteiger partial charge >= 0.3 is 0 Å². The van der Waals surface area contributed by atoms with E-state index in [1.807, 2.05) is 29.0 Å². The summed E-state index contributed by atoms with van der Waals surface area (Å²) in [4.78, 5) is 11.1. The molecule has 2 aromatic rings. The van der Waals surface area contributed by atoms with Gasteiger partial charge in [-0.25, -0.2) is 0 Å². The molecular weight excluding hydrogens is 230 g/mol. The van der Waals surface area contributed by atoms with E-state index < -0.39 is 0 Å². The third-order valence-electron chi connectivity index (χ3n) is 2.98. The van der Waals surface area contributed by atoms with Gasteiger partial charge in [0.15, 0.2) is 0 Å².